The van der Waals surface area contributed by atoms with Crippen LogP contribution in [0, 0.1) is 17.2 Å². The molecule has 0 amide bonds. The summed E-state index contributed by atoms with van der Waals surface area (Å²) >= 11 is 0. The van der Waals surface area contributed by atoms with Gasteiger partial charge in [-0.2, -0.15) is 5.26 Å². The minimum atomic E-state index is -0.555. The van der Waals surface area contributed by atoms with E-state index < -0.39 is 5.54 Å². The predicted molar refractivity (Wildman–Crippen MR) is 89.0 cm³/mol. The number of rotatable bonds is 10. The number of hydrogen-bond donors (Lipinski definition) is 1. The molecule has 1 saturated carbocycles. The zero-order chi connectivity index (χ0) is 15.7. The van der Waals surface area contributed by atoms with Gasteiger partial charge < -0.3 is 15.5 Å². The monoisotopic (exact) mass is 294 g/mol. The largest absolute Gasteiger partial charge is 0.313 e. The molecule has 0 aromatic heterocycles. The van der Waals surface area contributed by atoms with Crippen LogP contribution < -0.4 is 5.73 Å². The Morgan fingerprint density at radius 2 is 1.71 bits per heavy atom. The van der Waals surface area contributed by atoms with Crippen molar-refractivity contribution in [2.75, 3.05) is 39.3 Å². The van der Waals surface area contributed by atoms with Gasteiger partial charge in [0.15, 0.2) is 0 Å². The van der Waals surface area contributed by atoms with Gasteiger partial charge in [-0.3, -0.25) is 0 Å². The van der Waals surface area contributed by atoms with E-state index >= 15 is 0 Å². The minimum absolute atomic E-state index is 0.388. The highest BCUT2D eigenvalue weighted by Gasteiger charge is 2.39. The molecule has 2 N–H and O–H groups in total. The molecule has 0 heterocycles. The van der Waals surface area contributed by atoms with Crippen LogP contribution in [0.25, 0.3) is 0 Å². The fraction of sp³-hybridized carbons (Fsp3) is 0.941. The molecular formula is C17H34N4. The van der Waals surface area contributed by atoms with Crippen LogP contribution in [0.4, 0.5) is 0 Å². The van der Waals surface area contributed by atoms with E-state index in [1.807, 2.05) is 0 Å². The molecule has 0 radical (unpaired) electrons. The zero-order valence-corrected chi connectivity index (χ0v) is 14.3. The van der Waals surface area contributed by atoms with Gasteiger partial charge in [0.1, 0.15) is 5.54 Å². The quantitative estimate of drug-likeness (QED) is 0.672. The highest BCUT2D eigenvalue weighted by Crippen LogP contribution is 2.35. The van der Waals surface area contributed by atoms with Crippen LogP contribution in [0.5, 0.6) is 0 Å². The Kier molecular flexibility index (Phi) is 8.24. The molecule has 1 fully saturated rings. The lowest BCUT2D eigenvalue weighted by atomic mass is 9.87. The summed E-state index contributed by atoms with van der Waals surface area (Å²) < 4.78 is 0. The van der Waals surface area contributed by atoms with E-state index in [2.05, 4.69) is 36.6 Å². The van der Waals surface area contributed by atoms with Crippen LogP contribution in [0.3, 0.4) is 0 Å². The van der Waals surface area contributed by atoms with Gasteiger partial charge >= 0.3 is 0 Å². The average Bonchev–Trinajstić information content (AvgIpc) is 2.88. The lowest BCUT2D eigenvalue weighted by Gasteiger charge is -2.28. The third-order valence-electron chi connectivity index (χ3n) is 5.16. The van der Waals surface area contributed by atoms with Crippen LogP contribution in [0.2, 0.25) is 0 Å². The van der Waals surface area contributed by atoms with E-state index in [1.165, 1.54) is 13.0 Å². The Labute approximate surface area is 131 Å². The smallest absolute Gasteiger partial charge is 0.107 e. The van der Waals surface area contributed by atoms with E-state index in [-0.39, 0.29) is 0 Å². The maximum atomic E-state index is 9.28. The second kappa shape index (κ2) is 9.40. The van der Waals surface area contributed by atoms with Crippen molar-refractivity contribution in [2.24, 2.45) is 11.7 Å². The summed E-state index contributed by atoms with van der Waals surface area (Å²) in [6, 6.07) is 2.36. The average molecular weight is 294 g/mol. The third-order valence-corrected chi connectivity index (χ3v) is 5.16. The lowest BCUT2D eigenvalue weighted by Crippen LogP contribution is -2.43. The molecule has 122 valence electrons. The van der Waals surface area contributed by atoms with Gasteiger partial charge in [-0.25, -0.2) is 0 Å². The molecule has 0 aromatic carbocycles. The molecule has 1 aliphatic rings. The first kappa shape index (κ1) is 18.4. The number of nitriles is 1. The summed E-state index contributed by atoms with van der Waals surface area (Å²) in [5, 5.41) is 9.28. The van der Waals surface area contributed by atoms with E-state index in [0.717, 1.165) is 58.4 Å². The molecule has 0 spiro atoms. The molecule has 0 aliphatic heterocycles. The Hall–Kier alpha value is -0.630. The van der Waals surface area contributed by atoms with Gasteiger partial charge in [-0.15, -0.1) is 0 Å². The Balaban J connectivity index is 2.30. The van der Waals surface area contributed by atoms with Crippen LogP contribution >= 0.6 is 0 Å². The van der Waals surface area contributed by atoms with Gasteiger partial charge in [-0.05, 0) is 70.9 Å². The minimum Gasteiger partial charge on any atom is -0.313 e. The van der Waals surface area contributed by atoms with Crippen LogP contribution in [0.1, 0.15) is 52.9 Å². The first-order valence-electron chi connectivity index (χ1n) is 8.74. The van der Waals surface area contributed by atoms with Crippen LogP contribution in [-0.2, 0) is 0 Å². The maximum absolute atomic E-state index is 9.28. The number of hydrogen-bond acceptors (Lipinski definition) is 4. The molecule has 0 bridgehead atoms. The highest BCUT2D eigenvalue weighted by atomic mass is 15.1. The maximum Gasteiger partial charge on any atom is 0.107 e. The molecule has 1 aliphatic carbocycles. The molecule has 0 aromatic rings. The van der Waals surface area contributed by atoms with Crippen LogP contribution in [0.15, 0.2) is 0 Å². The van der Waals surface area contributed by atoms with Gasteiger partial charge in [-0.1, -0.05) is 27.2 Å². The van der Waals surface area contributed by atoms with Crippen molar-refractivity contribution in [2.45, 2.75) is 58.4 Å². The lowest BCUT2D eigenvalue weighted by molar-refractivity contribution is 0.223. The Morgan fingerprint density at radius 1 is 1.10 bits per heavy atom. The van der Waals surface area contributed by atoms with E-state index in [1.54, 1.807) is 0 Å². The first-order valence-corrected chi connectivity index (χ1v) is 8.74. The molecular weight excluding hydrogens is 260 g/mol. The molecule has 2 atom stereocenters. The Bertz CT molecular complexity index is 321. The van der Waals surface area contributed by atoms with Crippen molar-refractivity contribution >= 4 is 0 Å². The third kappa shape index (κ3) is 5.58. The van der Waals surface area contributed by atoms with Gasteiger partial charge in [0.05, 0.1) is 6.07 Å². The summed E-state index contributed by atoms with van der Waals surface area (Å²) in [5.74, 6) is 0.388. The molecule has 21 heavy (non-hydrogen) atoms. The first-order chi connectivity index (χ1) is 10.1. The van der Waals surface area contributed by atoms with E-state index in [9.17, 15) is 5.26 Å². The SMILES string of the molecule is CCN(CC)CCCN(CC)CCC1CCCC1(N)C#N. The van der Waals surface area contributed by atoms with Gasteiger partial charge in [0, 0.05) is 0 Å². The van der Waals surface area contributed by atoms with Crippen molar-refractivity contribution in [1.29, 1.82) is 5.26 Å². The molecule has 2 unspecified atom stereocenters. The highest BCUT2D eigenvalue weighted by molar-refractivity contribution is 5.11. The second-order valence-electron chi connectivity index (χ2n) is 6.34. The van der Waals surface area contributed by atoms with Crippen molar-refractivity contribution in [3.63, 3.8) is 0 Å². The standard InChI is InChI=1S/C17H34N4/c1-4-20(5-2)12-8-13-21(6-3)14-10-16-9-7-11-17(16,19)15-18/h16H,4-14,19H2,1-3H3. The van der Waals surface area contributed by atoms with Crippen molar-refractivity contribution in [3.8, 4) is 6.07 Å². The molecule has 4 nitrogen and oxygen atoms in total. The summed E-state index contributed by atoms with van der Waals surface area (Å²) in [4.78, 5) is 4.99. The van der Waals surface area contributed by atoms with Gasteiger partial charge in [0.2, 0.25) is 0 Å². The fourth-order valence-corrected chi connectivity index (χ4v) is 3.48. The fourth-order valence-electron chi connectivity index (χ4n) is 3.48. The van der Waals surface area contributed by atoms with Gasteiger partial charge in [0.25, 0.3) is 0 Å². The summed E-state index contributed by atoms with van der Waals surface area (Å²) in [6.45, 7) is 13.5. The van der Waals surface area contributed by atoms with E-state index in [4.69, 9.17) is 5.73 Å². The number of nitrogens with zero attached hydrogens (tertiary/aromatic N) is 3. The van der Waals surface area contributed by atoms with Crippen molar-refractivity contribution < 1.29 is 0 Å². The number of nitrogens with two attached hydrogens (primary N) is 1. The summed E-state index contributed by atoms with van der Waals surface area (Å²) in [6.07, 6.45) is 5.42. The molecule has 0 saturated heterocycles. The van der Waals surface area contributed by atoms with Crippen molar-refractivity contribution in [3.05, 3.63) is 0 Å². The van der Waals surface area contributed by atoms with Crippen molar-refractivity contribution in [1.82, 2.24) is 9.80 Å². The molecule has 4 heteroatoms. The summed E-state index contributed by atoms with van der Waals surface area (Å²) in [7, 11) is 0. The summed E-state index contributed by atoms with van der Waals surface area (Å²) in [5.41, 5.74) is 5.66. The molecule has 1 rings (SSSR count). The topological polar surface area (TPSA) is 56.3 Å². The predicted octanol–water partition coefficient (Wildman–Crippen LogP) is 2.45. The van der Waals surface area contributed by atoms with Crippen LogP contribution in [-0.4, -0.2) is 54.6 Å². The normalized spacial score (nSPS) is 25.7. The zero-order valence-electron chi connectivity index (χ0n) is 14.3. The second-order valence-corrected chi connectivity index (χ2v) is 6.34. The Morgan fingerprint density at radius 3 is 2.29 bits per heavy atom. The van der Waals surface area contributed by atoms with E-state index in [0.29, 0.717) is 5.92 Å².